The summed E-state index contributed by atoms with van der Waals surface area (Å²) in [6.07, 6.45) is 4.28. The minimum Gasteiger partial charge on any atom is -0.492 e. The number of likely N-dealkylation sites (N-methyl/N-ethyl adjacent to an activating group) is 1. The Labute approximate surface area is 238 Å². The fourth-order valence-electron chi connectivity index (χ4n) is 5.51. The molecule has 216 valence electrons. The van der Waals surface area contributed by atoms with Gasteiger partial charge < -0.3 is 33.7 Å². The number of unbranched alkanes of at least 4 members (excludes halogenated alkanes) is 1. The van der Waals surface area contributed by atoms with Crippen molar-refractivity contribution in [3.8, 4) is 17.2 Å². The van der Waals surface area contributed by atoms with Crippen molar-refractivity contribution in [2.24, 2.45) is 0 Å². The van der Waals surface area contributed by atoms with Gasteiger partial charge in [-0.25, -0.2) is 0 Å². The zero-order valence-electron chi connectivity index (χ0n) is 24.2. The zero-order chi connectivity index (χ0) is 28.4. The number of aliphatic hydroxyl groups excluding tert-OH is 1. The van der Waals surface area contributed by atoms with Crippen molar-refractivity contribution in [1.29, 1.82) is 0 Å². The van der Waals surface area contributed by atoms with Crippen LogP contribution in [-0.2, 0) is 21.3 Å². The van der Waals surface area contributed by atoms with E-state index in [1.165, 1.54) is 16.7 Å². The van der Waals surface area contributed by atoms with Crippen LogP contribution in [0.5, 0.6) is 17.2 Å². The topological polar surface area (TPSA) is 69.6 Å². The molecule has 0 spiro atoms. The number of hydrogen-bond donors (Lipinski definition) is 1. The van der Waals surface area contributed by atoms with Gasteiger partial charge in [-0.3, -0.25) is 0 Å². The molecule has 3 aromatic rings. The molecule has 1 aliphatic rings. The highest BCUT2D eigenvalue weighted by atomic mass is 16.7. The maximum Gasteiger partial charge on any atom is 0.188 e. The van der Waals surface area contributed by atoms with Crippen LogP contribution in [-0.4, -0.2) is 59.7 Å². The van der Waals surface area contributed by atoms with E-state index in [-0.39, 0.29) is 31.5 Å². The monoisotopic (exact) mass is 549 g/mol. The molecule has 2 atom stereocenters. The van der Waals surface area contributed by atoms with Crippen LogP contribution >= 0.6 is 0 Å². The van der Waals surface area contributed by atoms with Crippen LogP contribution in [0.1, 0.15) is 48.8 Å². The number of aryl methyl sites for hydroxylation is 1. The number of anilines is 1. The van der Waals surface area contributed by atoms with Crippen LogP contribution in [0, 0.1) is 0 Å². The predicted molar refractivity (Wildman–Crippen MR) is 158 cm³/mol. The van der Waals surface area contributed by atoms with Gasteiger partial charge in [0, 0.05) is 50.9 Å². The maximum atomic E-state index is 9.19. The third-order valence-corrected chi connectivity index (χ3v) is 7.88. The molecule has 3 aromatic carbocycles. The van der Waals surface area contributed by atoms with Crippen LogP contribution in [0.2, 0.25) is 0 Å². The predicted octanol–water partition coefficient (Wildman–Crippen LogP) is 5.93. The first-order valence-corrected chi connectivity index (χ1v) is 14.0. The van der Waals surface area contributed by atoms with Gasteiger partial charge in [-0.2, -0.15) is 0 Å². The number of methoxy groups -OCH3 is 2. The van der Waals surface area contributed by atoms with Gasteiger partial charge in [0.1, 0.15) is 17.2 Å². The largest absolute Gasteiger partial charge is 0.492 e. The minimum atomic E-state index is -0.194. The second-order valence-corrected chi connectivity index (χ2v) is 10.6. The van der Waals surface area contributed by atoms with E-state index in [1.807, 2.05) is 31.3 Å². The average Bonchev–Trinajstić information content (AvgIpc) is 2.98. The Morgan fingerprint density at radius 1 is 0.900 bits per heavy atom. The van der Waals surface area contributed by atoms with Crippen LogP contribution in [0.25, 0.3) is 0 Å². The summed E-state index contributed by atoms with van der Waals surface area (Å²) in [5.74, 6) is 2.71. The molecule has 0 fully saturated rings. The zero-order valence-corrected chi connectivity index (χ0v) is 24.2. The van der Waals surface area contributed by atoms with E-state index in [9.17, 15) is 5.11 Å². The molecule has 0 radical (unpaired) electrons. The smallest absolute Gasteiger partial charge is 0.188 e. The molecule has 1 N–H and O–H groups in total. The van der Waals surface area contributed by atoms with Crippen molar-refractivity contribution < 1.29 is 28.8 Å². The number of nitrogens with zero attached hydrogens (tertiary/aromatic N) is 1. The minimum absolute atomic E-state index is 0.153. The number of aliphatic hydroxyl groups is 1. The van der Waals surface area contributed by atoms with Crippen molar-refractivity contribution in [3.05, 3.63) is 83.4 Å². The highest BCUT2D eigenvalue weighted by Crippen LogP contribution is 2.50. The van der Waals surface area contributed by atoms with Crippen molar-refractivity contribution >= 4 is 5.69 Å². The fraction of sp³-hybridized carbons (Fsp3) is 0.455. The SMILES string of the molecule is COCOc1ccc(C2(C)COc3cc(OCOC)ccc3C2CCCCc2ccc(N(C)CCO)cc2)cc1. The van der Waals surface area contributed by atoms with Gasteiger partial charge in [-0.1, -0.05) is 43.7 Å². The van der Waals surface area contributed by atoms with Gasteiger partial charge in [0.2, 0.25) is 0 Å². The van der Waals surface area contributed by atoms with Gasteiger partial charge in [-0.05, 0) is 66.3 Å². The molecule has 1 aliphatic heterocycles. The Morgan fingerprint density at radius 2 is 1.57 bits per heavy atom. The normalized spacial score (nSPS) is 18.1. The number of fused-ring (bicyclic) bond motifs is 1. The average molecular weight is 550 g/mol. The third kappa shape index (κ3) is 7.27. The second-order valence-electron chi connectivity index (χ2n) is 10.6. The molecule has 7 heteroatoms. The van der Waals surface area contributed by atoms with E-state index in [2.05, 4.69) is 54.3 Å². The lowest BCUT2D eigenvalue weighted by Gasteiger charge is -2.43. The fourth-order valence-corrected chi connectivity index (χ4v) is 5.51. The van der Waals surface area contributed by atoms with Crippen LogP contribution < -0.4 is 19.1 Å². The molecule has 4 rings (SSSR count). The van der Waals surface area contributed by atoms with E-state index < -0.39 is 0 Å². The van der Waals surface area contributed by atoms with E-state index in [0.29, 0.717) is 13.2 Å². The summed E-state index contributed by atoms with van der Waals surface area (Å²) in [6.45, 7) is 4.11. The third-order valence-electron chi connectivity index (χ3n) is 7.88. The van der Waals surface area contributed by atoms with Crippen LogP contribution in [0.3, 0.4) is 0 Å². The Balaban J connectivity index is 1.49. The van der Waals surface area contributed by atoms with E-state index in [1.54, 1.807) is 14.2 Å². The summed E-state index contributed by atoms with van der Waals surface area (Å²) < 4.78 is 27.8. The quantitative estimate of drug-likeness (QED) is 0.186. The number of ether oxygens (including phenoxy) is 5. The lowest BCUT2D eigenvalue weighted by Crippen LogP contribution is -2.40. The van der Waals surface area contributed by atoms with Gasteiger partial charge in [0.15, 0.2) is 13.6 Å². The molecule has 0 saturated carbocycles. The van der Waals surface area contributed by atoms with Crippen molar-refractivity contribution in [1.82, 2.24) is 0 Å². The van der Waals surface area contributed by atoms with Gasteiger partial charge >= 0.3 is 0 Å². The molecular formula is C33H43NO6. The lowest BCUT2D eigenvalue weighted by atomic mass is 9.66. The molecule has 1 heterocycles. The number of rotatable bonds is 15. The molecule has 0 bridgehead atoms. The molecule has 2 unspecified atom stereocenters. The van der Waals surface area contributed by atoms with Crippen molar-refractivity contribution in [2.75, 3.05) is 59.5 Å². The highest BCUT2D eigenvalue weighted by Gasteiger charge is 2.42. The first-order chi connectivity index (χ1) is 19.5. The van der Waals surface area contributed by atoms with E-state index in [0.717, 1.165) is 48.6 Å². The number of benzene rings is 3. The Hall–Kier alpha value is -3.26. The lowest BCUT2D eigenvalue weighted by molar-refractivity contribution is 0.0505. The summed E-state index contributed by atoms with van der Waals surface area (Å²) in [5.41, 5.74) is 4.72. The van der Waals surface area contributed by atoms with Gasteiger partial charge in [-0.15, -0.1) is 0 Å². The maximum absolute atomic E-state index is 9.19. The van der Waals surface area contributed by atoms with Crippen LogP contribution in [0.15, 0.2) is 66.7 Å². The molecule has 0 amide bonds. The van der Waals surface area contributed by atoms with Gasteiger partial charge in [0.25, 0.3) is 0 Å². The summed E-state index contributed by atoms with van der Waals surface area (Å²) in [6, 6.07) is 23.1. The molecule has 0 aromatic heterocycles. The Morgan fingerprint density at radius 3 is 2.25 bits per heavy atom. The summed E-state index contributed by atoms with van der Waals surface area (Å²) in [5, 5.41) is 9.19. The standard InChI is InChI=1S/C33H43NO6/c1-33(26-11-15-28(16-12-26)39-23-36-3)22-38-32-21-29(40-24-37-4)17-18-30(32)31(33)8-6-5-7-25-9-13-27(14-10-25)34(2)19-20-35/h9-18,21,31,35H,5-8,19-20,22-24H2,1-4H3. The van der Waals surface area contributed by atoms with Crippen LogP contribution in [0.4, 0.5) is 5.69 Å². The molecule has 0 saturated heterocycles. The van der Waals surface area contributed by atoms with Crippen molar-refractivity contribution in [3.63, 3.8) is 0 Å². The first-order valence-electron chi connectivity index (χ1n) is 14.0. The summed E-state index contributed by atoms with van der Waals surface area (Å²) in [4.78, 5) is 2.06. The molecule has 40 heavy (non-hydrogen) atoms. The van der Waals surface area contributed by atoms with Gasteiger partial charge in [0.05, 0.1) is 13.2 Å². The first kappa shape index (κ1) is 29.7. The second kappa shape index (κ2) is 14.4. The van der Waals surface area contributed by atoms with E-state index in [4.69, 9.17) is 23.7 Å². The number of hydrogen-bond acceptors (Lipinski definition) is 7. The summed E-state index contributed by atoms with van der Waals surface area (Å²) in [7, 11) is 5.24. The highest BCUT2D eigenvalue weighted by molar-refractivity contribution is 5.49. The van der Waals surface area contributed by atoms with Crippen molar-refractivity contribution in [2.45, 2.75) is 43.9 Å². The summed E-state index contributed by atoms with van der Waals surface area (Å²) >= 11 is 0. The molecular weight excluding hydrogens is 506 g/mol. The van der Waals surface area contributed by atoms with E-state index >= 15 is 0 Å². The Bertz CT molecular complexity index is 1180. The molecule has 7 nitrogen and oxygen atoms in total. The Kier molecular flexibility index (Phi) is 10.7. The molecule has 0 aliphatic carbocycles.